The summed E-state index contributed by atoms with van der Waals surface area (Å²) in [5.74, 6) is 1.34. The Labute approximate surface area is 191 Å². The number of aromatic nitrogens is 2. The van der Waals surface area contributed by atoms with Gasteiger partial charge in [-0.1, -0.05) is 19.9 Å². The number of hydrogen-bond acceptors (Lipinski definition) is 4. The minimum Gasteiger partial charge on any atom is -0.357 e. The van der Waals surface area contributed by atoms with Crippen LogP contribution in [0.1, 0.15) is 48.9 Å². The third-order valence-electron chi connectivity index (χ3n) is 4.50. The summed E-state index contributed by atoms with van der Waals surface area (Å²) < 4.78 is 1.90. The van der Waals surface area contributed by atoms with Crippen molar-refractivity contribution in [2.45, 2.75) is 39.3 Å². The number of likely N-dealkylation sites (N-methyl/N-ethyl adjacent to an activating group) is 1. The summed E-state index contributed by atoms with van der Waals surface area (Å²) in [5, 5.41) is 10.2. The molecule has 2 heterocycles. The maximum absolute atomic E-state index is 4.94. The lowest BCUT2D eigenvalue weighted by molar-refractivity contribution is 0.309. The zero-order valence-electron chi connectivity index (χ0n) is 18.1. The van der Waals surface area contributed by atoms with Crippen molar-refractivity contribution >= 4 is 41.3 Å². The van der Waals surface area contributed by atoms with Crippen molar-refractivity contribution in [1.82, 2.24) is 24.9 Å². The van der Waals surface area contributed by atoms with Crippen molar-refractivity contribution in [3.8, 4) is 0 Å². The second kappa shape index (κ2) is 11.8. The van der Waals surface area contributed by atoms with Crippen LogP contribution < -0.4 is 5.32 Å². The van der Waals surface area contributed by atoms with E-state index in [1.54, 1.807) is 11.3 Å². The van der Waals surface area contributed by atoms with Crippen LogP contribution in [0, 0.1) is 0 Å². The first-order valence-corrected chi connectivity index (χ1v) is 10.4. The fourth-order valence-corrected chi connectivity index (χ4v) is 4.04. The topological polar surface area (TPSA) is 48.7 Å². The van der Waals surface area contributed by atoms with Gasteiger partial charge in [0.1, 0.15) is 0 Å². The number of thiophene rings is 1. The highest BCUT2D eigenvalue weighted by Gasteiger charge is 2.18. The summed E-state index contributed by atoms with van der Waals surface area (Å²) in [6.07, 6.45) is 2.11. The lowest BCUT2D eigenvalue weighted by atomic mass is 10.1. The summed E-state index contributed by atoms with van der Waals surface area (Å²) >= 11 is 1.79. The Balaban J connectivity index is 0.00000392. The first kappa shape index (κ1) is 24.9. The molecule has 1 N–H and O–H groups in total. The second-order valence-electron chi connectivity index (χ2n) is 7.41. The fraction of sp³-hybridized carbons (Fsp3) is 0.600. The smallest absolute Gasteiger partial charge is 0.194 e. The Morgan fingerprint density at radius 3 is 2.57 bits per heavy atom. The summed E-state index contributed by atoms with van der Waals surface area (Å²) in [6, 6.07) is 4.58. The summed E-state index contributed by atoms with van der Waals surface area (Å²) in [5.41, 5.74) is 2.41. The number of aliphatic imine (C=N–C) groups is 1. The van der Waals surface area contributed by atoms with E-state index >= 15 is 0 Å². The van der Waals surface area contributed by atoms with Gasteiger partial charge in [-0.05, 0) is 38.4 Å². The summed E-state index contributed by atoms with van der Waals surface area (Å²) in [7, 11) is 8.30. The van der Waals surface area contributed by atoms with Gasteiger partial charge in [-0.2, -0.15) is 5.10 Å². The maximum Gasteiger partial charge on any atom is 0.194 e. The average molecular weight is 519 g/mol. The van der Waals surface area contributed by atoms with E-state index < -0.39 is 0 Å². The number of guanidine groups is 1. The molecule has 28 heavy (non-hydrogen) atoms. The molecule has 0 aliphatic heterocycles. The molecule has 6 nitrogen and oxygen atoms in total. The molecule has 0 amide bonds. The Morgan fingerprint density at radius 1 is 1.32 bits per heavy atom. The molecule has 0 aliphatic rings. The molecule has 2 aromatic rings. The molecule has 0 fully saturated rings. The van der Waals surface area contributed by atoms with Gasteiger partial charge in [-0.15, -0.1) is 35.3 Å². The van der Waals surface area contributed by atoms with Gasteiger partial charge < -0.3 is 15.1 Å². The van der Waals surface area contributed by atoms with Gasteiger partial charge in [0.25, 0.3) is 0 Å². The fourth-order valence-electron chi connectivity index (χ4n) is 3.12. The molecule has 2 aromatic heterocycles. The van der Waals surface area contributed by atoms with Gasteiger partial charge in [0.2, 0.25) is 0 Å². The van der Waals surface area contributed by atoms with Gasteiger partial charge in [0.05, 0.1) is 18.3 Å². The van der Waals surface area contributed by atoms with E-state index in [0.29, 0.717) is 5.92 Å². The number of rotatable bonds is 8. The highest BCUT2D eigenvalue weighted by atomic mass is 127. The van der Waals surface area contributed by atoms with Crippen molar-refractivity contribution in [2.24, 2.45) is 12.0 Å². The van der Waals surface area contributed by atoms with E-state index in [1.165, 1.54) is 10.4 Å². The highest BCUT2D eigenvalue weighted by Crippen LogP contribution is 2.23. The van der Waals surface area contributed by atoms with Crippen LogP contribution in [0.15, 0.2) is 28.7 Å². The quantitative estimate of drug-likeness (QED) is 0.327. The molecule has 1 atom stereocenters. The van der Waals surface area contributed by atoms with Gasteiger partial charge in [0, 0.05) is 43.8 Å². The van der Waals surface area contributed by atoms with Gasteiger partial charge in [-0.25, -0.2) is 0 Å². The Hall–Kier alpha value is -1.13. The van der Waals surface area contributed by atoms with Crippen LogP contribution in [-0.4, -0.2) is 59.8 Å². The number of nitrogens with zero attached hydrogens (tertiary/aromatic N) is 5. The van der Waals surface area contributed by atoms with Crippen LogP contribution in [0.4, 0.5) is 0 Å². The highest BCUT2D eigenvalue weighted by molar-refractivity contribution is 14.0. The van der Waals surface area contributed by atoms with Crippen LogP contribution in [0.25, 0.3) is 0 Å². The molecular weight excluding hydrogens is 483 g/mol. The molecule has 8 heteroatoms. The standard InChI is InChI=1S/C20H34N6S.HI/c1-8-21-20(22-12-17(24(4)5)18-10-9-11-27-18)25(6)13-16-14-26(7)23-19(16)15(2)3;/h9-11,14-15,17H,8,12-13H2,1-7H3,(H,21,22);1H. The number of hydrogen-bond donors (Lipinski definition) is 1. The zero-order chi connectivity index (χ0) is 20.0. The zero-order valence-corrected chi connectivity index (χ0v) is 21.3. The van der Waals surface area contributed by atoms with Crippen LogP contribution in [-0.2, 0) is 13.6 Å². The number of halogens is 1. The van der Waals surface area contributed by atoms with E-state index in [4.69, 9.17) is 4.99 Å². The SMILES string of the molecule is CCNC(=NCC(c1cccs1)N(C)C)N(C)Cc1cn(C)nc1C(C)C.I. The van der Waals surface area contributed by atoms with Crippen molar-refractivity contribution < 1.29 is 0 Å². The first-order chi connectivity index (χ1) is 12.8. The lowest BCUT2D eigenvalue weighted by Crippen LogP contribution is -2.39. The molecule has 0 saturated carbocycles. The van der Waals surface area contributed by atoms with E-state index in [0.717, 1.165) is 31.3 Å². The van der Waals surface area contributed by atoms with Crippen molar-refractivity contribution in [2.75, 3.05) is 34.2 Å². The third-order valence-corrected chi connectivity index (χ3v) is 5.47. The Kier molecular flexibility index (Phi) is 10.5. The normalized spacial score (nSPS) is 13.0. The molecule has 158 valence electrons. The van der Waals surface area contributed by atoms with Gasteiger partial charge in [-0.3, -0.25) is 9.67 Å². The molecule has 0 spiro atoms. The lowest BCUT2D eigenvalue weighted by Gasteiger charge is -2.25. The van der Waals surface area contributed by atoms with Gasteiger partial charge in [0.15, 0.2) is 5.96 Å². The minimum absolute atomic E-state index is 0. The van der Waals surface area contributed by atoms with Crippen molar-refractivity contribution in [3.63, 3.8) is 0 Å². The largest absolute Gasteiger partial charge is 0.357 e. The van der Waals surface area contributed by atoms with Crippen LogP contribution in [0.3, 0.4) is 0 Å². The summed E-state index contributed by atoms with van der Waals surface area (Å²) in [4.78, 5) is 10.7. The Morgan fingerprint density at radius 2 is 2.04 bits per heavy atom. The molecule has 1 unspecified atom stereocenters. The first-order valence-electron chi connectivity index (χ1n) is 9.55. The van der Waals surface area contributed by atoms with Crippen LogP contribution in [0.2, 0.25) is 0 Å². The molecule has 0 radical (unpaired) electrons. The number of aryl methyl sites for hydroxylation is 1. The third kappa shape index (κ3) is 6.73. The number of nitrogens with one attached hydrogen (secondary N) is 1. The summed E-state index contributed by atoms with van der Waals surface area (Å²) in [6.45, 7) is 8.85. The molecule has 0 bridgehead atoms. The molecule has 0 saturated heterocycles. The van der Waals surface area contributed by atoms with E-state index in [1.807, 2.05) is 11.7 Å². The Bertz CT molecular complexity index is 723. The predicted octanol–water partition coefficient (Wildman–Crippen LogP) is 3.92. The van der Waals surface area contributed by atoms with Crippen molar-refractivity contribution in [3.05, 3.63) is 39.8 Å². The molecule has 0 aromatic carbocycles. The molecule has 0 aliphatic carbocycles. The van der Waals surface area contributed by atoms with Crippen LogP contribution in [0.5, 0.6) is 0 Å². The van der Waals surface area contributed by atoms with Crippen LogP contribution >= 0.6 is 35.3 Å². The second-order valence-corrected chi connectivity index (χ2v) is 8.39. The predicted molar refractivity (Wildman–Crippen MR) is 131 cm³/mol. The monoisotopic (exact) mass is 518 g/mol. The molecule has 2 rings (SSSR count). The minimum atomic E-state index is 0. The van der Waals surface area contributed by atoms with E-state index in [-0.39, 0.29) is 30.0 Å². The van der Waals surface area contributed by atoms with E-state index in [2.05, 4.69) is 85.8 Å². The van der Waals surface area contributed by atoms with E-state index in [9.17, 15) is 0 Å². The maximum atomic E-state index is 4.94. The average Bonchev–Trinajstić information content (AvgIpc) is 3.23. The van der Waals surface area contributed by atoms with Crippen molar-refractivity contribution in [1.29, 1.82) is 0 Å². The van der Waals surface area contributed by atoms with Gasteiger partial charge >= 0.3 is 0 Å². The molecular formula is C20H35IN6S.